The summed E-state index contributed by atoms with van der Waals surface area (Å²) in [5, 5.41) is 7.54. The third-order valence-electron chi connectivity index (χ3n) is 2.82. The minimum atomic E-state index is -0.703. The molecule has 1 unspecified atom stereocenters. The van der Waals surface area contributed by atoms with Crippen molar-refractivity contribution >= 4 is 28.6 Å². The Hall–Kier alpha value is -0.630. The summed E-state index contributed by atoms with van der Waals surface area (Å²) in [6.07, 6.45) is 5.94. The van der Waals surface area contributed by atoms with Crippen molar-refractivity contribution in [1.29, 1.82) is 0 Å². The number of carbonyl (C=O) groups excluding carboxylic acids is 1. The Balaban J connectivity index is 2.11. The van der Waals surface area contributed by atoms with Crippen LogP contribution in [0.5, 0.6) is 0 Å². The maximum atomic E-state index is 11.9. The van der Waals surface area contributed by atoms with Crippen LogP contribution in [0.1, 0.15) is 19.8 Å². The standard InChI is InChI=1S/C11H16IN3O2/c1-11(10(16)17-2,14-9-3-4-9)7-15-6-8(12)5-13-15/h5-6,9,14H,3-4,7H2,1-2H3. The number of ether oxygens (including phenoxy) is 1. The number of hydrogen-bond acceptors (Lipinski definition) is 4. The van der Waals surface area contributed by atoms with E-state index in [-0.39, 0.29) is 5.97 Å². The van der Waals surface area contributed by atoms with Gasteiger partial charge in [-0.05, 0) is 42.4 Å². The highest BCUT2D eigenvalue weighted by molar-refractivity contribution is 14.1. The Labute approximate surface area is 114 Å². The molecule has 1 saturated carbocycles. The number of nitrogens with zero attached hydrogens (tertiary/aromatic N) is 2. The summed E-state index contributed by atoms with van der Waals surface area (Å²) < 4.78 is 7.71. The molecule has 1 aromatic rings. The molecule has 2 rings (SSSR count). The summed E-state index contributed by atoms with van der Waals surface area (Å²) in [6, 6.07) is 0.439. The number of methoxy groups -OCH3 is 1. The first-order valence-corrected chi connectivity index (χ1v) is 6.65. The van der Waals surface area contributed by atoms with E-state index in [9.17, 15) is 4.79 Å². The van der Waals surface area contributed by atoms with E-state index < -0.39 is 5.54 Å². The smallest absolute Gasteiger partial charge is 0.327 e. The molecule has 1 aliphatic rings. The second kappa shape index (κ2) is 4.93. The molecule has 6 heteroatoms. The van der Waals surface area contributed by atoms with Gasteiger partial charge in [0.25, 0.3) is 0 Å². The third-order valence-corrected chi connectivity index (χ3v) is 3.37. The molecule has 0 aromatic carbocycles. The van der Waals surface area contributed by atoms with E-state index >= 15 is 0 Å². The van der Waals surface area contributed by atoms with Crippen molar-refractivity contribution in [2.24, 2.45) is 0 Å². The van der Waals surface area contributed by atoms with E-state index in [0.717, 1.165) is 16.4 Å². The van der Waals surface area contributed by atoms with Gasteiger partial charge < -0.3 is 4.74 Å². The van der Waals surface area contributed by atoms with Gasteiger partial charge in [0, 0.05) is 12.2 Å². The van der Waals surface area contributed by atoms with Crippen LogP contribution in [0.4, 0.5) is 0 Å². The fraction of sp³-hybridized carbons (Fsp3) is 0.636. The van der Waals surface area contributed by atoms with Crippen LogP contribution in [0.3, 0.4) is 0 Å². The van der Waals surface area contributed by atoms with Crippen molar-refractivity contribution < 1.29 is 9.53 Å². The van der Waals surface area contributed by atoms with Gasteiger partial charge in [0.05, 0.1) is 23.4 Å². The van der Waals surface area contributed by atoms with Crippen LogP contribution in [0.25, 0.3) is 0 Å². The van der Waals surface area contributed by atoms with Crippen LogP contribution in [0.15, 0.2) is 12.4 Å². The average molecular weight is 349 g/mol. The molecule has 94 valence electrons. The second-order valence-corrected chi connectivity index (χ2v) is 5.84. The summed E-state index contributed by atoms with van der Waals surface area (Å²) in [5.74, 6) is -0.241. The monoisotopic (exact) mass is 349 g/mol. The lowest BCUT2D eigenvalue weighted by Gasteiger charge is -2.27. The number of halogens is 1. The molecule has 1 fully saturated rings. The number of esters is 1. The first kappa shape index (κ1) is 12.8. The van der Waals surface area contributed by atoms with Gasteiger partial charge in [-0.25, -0.2) is 4.79 Å². The highest BCUT2D eigenvalue weighted by Gasteiger charge is 2.40. The van der Waals surface area contributed by atoms with E-state index in [0.29, 0.717) is 12.6 Å². The molecule has 17 heavy (non-hydrogen) atoms. The highest BCUT2D eigenvalue weighted by Crippen LogP contribution is 2.24. The van der Waals surface area contributed by atoms with Crippen molar-refractivity contribution in [3.63, 3.8) is 0 Å². The van der Waals surface area contributed by atoms with Crippen molar-refractivity contribution in [1.82, 2.24) is 15.1 Å². The maximum absolute atomic E-state index is 11.9. The molecule has 5 nitrogen and oxygen atoms in total. The van der Waals surface area contributed by atoms with Gasteiger partial charge in [0.1, 0.15) is 5.54 Å². The van der Waals surface area contributed by atoms with Gasteiger partial charge in [0.2, 0.25) is 0 Å². The van der Waals surface area contributed by atoms with Crippen LogP contribution in [-0.2, 0) is 16.1 Å². The molecule has 0 aliphatic heterocycles. The molecule has 1 aliphatic carbocycles. The number of aromatic nitrogens is 2. The topological polar surface area (TPSA) is 56.2 Å². The lowest BCUT2D eigenvalue weighted by atomic mass is 10.0. The Morgan fingerprint density at radius 1 is 1.76 bits per heavy atom. The van der Waals surface area contributed by atoms with E-state index in [1.54, 1.807) is 10.9 Å². The normalized spacial score (nSPS) is 18.8. The summed E-state index contributed by atoms with van der Waals surface area (Å²) in [4.78, 5) is 11.9. The van der Waals surface area contributed by atoms with Crippen molar-refractivity contribution in [3.8, 4) is 0 Å². The SMILES string of the molecule is COC(=O)C(C)(Cn1cc(I)cn1)NC1CC1. The molecule has 0 radical (unpaired) electrons. The van der Waals surface area contributed by atoms with Crippen LogP contribution in [0.2, 0.25) is 0 Å². The minimum Gasteiger partial charge on any atom is -0.468 e. The first-order valence-electron chi connectivity index (χ1n) is 5.57. The number of rotatable bonds is 5. The van der Waals surface area contributed by atoms with Gasteiger partial charge in [0.15, 0.2) is 0 Å². The molecule has 1 atom stereocenters. The van der Waals surface area contributed by atoms with Gasteiger partial charge in [-0.2, -0.15) is 5.10 Å². The highest BCUT2D eigenvalue weighted by atomic mass is 127. The Bertz CT molecular complexity index is 417. The molecule has 0 spiro atoms. The van der Waals surface area contributed by atoms with Gasteiger partial charge in [-0.15, -0.1) is 0 Å². The van der Waals surface area contributed by atoms with E-state index in [1.807, 2.05) is 13.1 Å². The Morgan fingerprint density at radius 3 is 2.94 bits per heavy atom. The van der Waals surface area contributed by atoms with Crippen molar-refractivity contribution in [2.45, 2.75) is 37.9 Å². The van der Waals surface area contributed by atoms with E-state index in [1.165, 1.54) is 7.11 Å². The zero-order valence-corrected chi connectivity index (χ0v) is 12.1. The predicted octanol–water partition coefficient (Wildman–Crippen LogP) is 1.17. The molecular weight excluding hydrogens is 333 g/mol. The maximum Gasteiger partial charge on any atom is 0.327 e. The second-order valence-electron chi connectivity index (χ2n) is 4.60. The molecule has 1 aromatic heterocycles. The van der Waals surface area contributed by atoms with Crippen LogP contribution in [0, 0.1) is 3.57 Å². The summed E-state index contributed by atoms with van der Waals surface area (Å²) in [7, 11) is 1.42. The fourth-order valence-electron chi connectivity index (χ4n) is 1.82. The van der Waals surface area contributed by atoms with Gasteiger partial charge in [-0.3, -0.25) is 10.00 Å². The zero-order valence-electron chi connectivity index (χ0n) is 9.94. The lowest BCUT2D eigenvalue weighted by Crippen LogP contribution is -2.54. The number of hydrogen-bond donors (Lipinski definition) is 1. The van der Waals surface area contributed by atoms with Gasteiger partial charge in [-0.1, -0.05) is 0 Å². The fourth-order valence-corrected chi connectivity index (χ4v) is 2.27. The molecule has 1 N–H and O–H groups in total. The van der Waals surface area contributed by atoms with E-state index in [4.69, 9.17) is 4.74 Å². The minimum absolute atomic E-state index is 0.241. The largest absolute Gasteiger partial charge is 0.468 e. The molecular formula is C11H16IN3O2. The first-order chi connectivity index (χ1) is 8.03. The van der Waals surface area contributed by atoms with Crippen molar-refractivity contribution in [2.75, 3.05) is 7.11 Å². The average Bonchev–Trinajstić information content (AvgIpc) is 3.00. The van der Waals surface area contributed by atoms with Gasteiger partial charge >= 0.3 is 5.97 Å². The summed E-state index contributed by atoms with van der Waals surface area (Å²) in [6.45, 7) is 2.35. The van der Waals surface area contributed by atoms with Crippen molar-refractivity contribution in [3.05, 3.63) is 16.0 Å². The zero-order chi connectivity index (χ0) is 12.5. The molecule has 1 heterocycles. The Kier molecular flexibility index (Phi) is 3.72. The quantitative estimate of drug-likeness (QED) is 0.641. The summed E-state index contributed by atoms with van der Waals surface area (Å²) >= 11 is 2.20. The molecule has 0 bridgehead atoms. The molecule has 0 saturated heterocycles. The predicted molar refractivity (Wildman–Crippen MR) is 71.5 cm³/mol. The number of nitrogens with one attached hydrogen (secondary N) is 1. The van der Waals surface area contributed by atoms with Crippen LogP contribution < -0.4 is 5.32 Å². The molecule has 0 amide bonds. The third kappa shape index (κ3) is 3.19. The lowest BCUT2D eigenvalue weighted by molar-refractivity contribution is -0.148. The van der Waals surface area contributed by atoms with Crippen LogP contribution in [-0.4, -0.2) is 34.4 Å². The summed E-state index contributed by atoms with van der Waals surface area (Å²) in [5.41, 5.74) is -0.703. The van der Waals surface area contributed by atoms with Crippen LogP contribution >= 0.6 is 22.6 Å². The number of carbonyl (C=O) groups is 1. The Morgan fingerprint density at radius 2 is 2.47 bits per heavy atom. The van der Waals surface area contributed by atoms with E-state index in [2.05, 4.69) is 33.0 Å².